The molecule has 0 aromatic heterocycles. The molecular weight excluding hydrogens is 228 g/mol. The molecule has 0 amide bonds. The fourth-order valence-electron chi connectivity index (χ4n) is 2.14. The van der Waals surface area contributed by atoms with Gasteiger partial charge in [0.25, 0.3) is 0 Å². The Balaban J connectivity index is 2.63. The van der Waals surface area contributed by atoms with Crippen molar-refractivity contribution < 1.29 is 0 Å². The predicted octanol–water partition coefficient (Wildman–Crippen LogP) is 2.98. The minimum Gasteiger partial charge on any atom is -0.368 e. The first-order valence-corrected chi connectivity index (χ1v) is 7.73. The number of nitrogens with two attached hydrogens (primary N) is 1. The summed E-state index contributed by atoms with van der Waals surface area (Å²) in [4.78, 5) is 2.42. The van der Waals surface area contributed by atoms with Crippen LogP contribution in [0.4, 0.5) is 5.69 Å². The standard InChI is InChI=1S/C14H24N2S/c1-3-16(13-8-5-4-6-9-13)14(12-15)10-7-11-17-2/h4-6,8-9,14H,3,7,10-12,15H2,1-2H3. The summed E-state index contributed by atoms with van der Waals surface area (Å²) in [5.74, 6) is 1.23. The van der Waals surface area contributed by atoms with E-state index in [1.807, 2.05) is 11.8 Å². The van der Waals surface area contributed by atoms with Gasteiger partial charge in [0.05, 0.1) is 0 Å². The van der Waals surface area contributed by atoms with Crippen molar-refractivity contribution in [1.29, 1.82) is 0 Å². The monoisotopic (exact) mass is 252 g/mol. The lowest BCUT2D eigenvalue weighted by Crippen LogP contribution is -2.40. The van der Waals surface area contributed by atoms with Gasteiger partial charge in [0.1, 0.15) is 0 Å². The van der Waals surface area contributed by atoms with Crippen molar-refractivity contribution in [2.45, 2.75) is 25.8 Å². The summed E-state index contributed by atoms with van der Waals surface area (Å²) in [7, 11) is 0. The Kier molecular flexibility index (Phi) is 7.13. The Labute approximate surface area is 110 Å². The number of likely N-dealkylation sites (N-methyl/N-ethyl adjacent to an activating group) is 1. The van der Waals surface area contributed by atoms with Gasteiger partial charge in [0, 0.05) is 24.8 Å². The zero-order valence-corrected chi connectivity index (χ0v) is 11.7. The molecule has 0 bridgehead atoms. The van der Waals surface area contributed by atoms with Crippen LogP contribution in [0.2, 0.25) is 0 Å². The molecule has 3 heteroatoms. The number of rotatable bonds is 8. The highest BCUT2D eigenvalue weighted by Crippen LogP contribution is 2.18. The van der Waals surface area contributed by atoms with Crippen LogP contribution in [0.25, 0.3) is 0 Å². The Morgan fingerprint density at radius 2 is 2.00 bits per heavy atom. The lowest BCUT2D eigenvalue weighted by molar-refractivity contribution is 0.560. The maximum absolute atomic E-state index is 5.92. The van der Waals surface area contributed by atoms with E-state index in [-0.39, 0.29) is 0 Å². The molecule has 0 aliphatic rings. The molecule has 2 nitrogen and oxygen atoms in total. The number of para-hydroxylation sites is 1. The summed E-state index contributed by atoms with van der Waals surface area (Å²) in [6.45, 7) is 3.95. The molecule has 0 aliphatic heterocycles. The van der Waals surface area contributed by atoms with Crippen molar-refractivity contribution in [1.82, 2.24) is 0 Å². The van der Waals surface area contributed by atoms with E-state index < -0.39 is 0 Å². The van der Waals surface area contributed by atoms with E-state index in [0.29, 0.717) is 6.04 Å². The molecule has 1 rings (SSSR count). The van der Waals surface area contributed by atoms with Gasteiger partial charge in [-0.3, -0.25) is 0 Å². The zero-order chi connectivity index (χ0) is 12.5. The van der Waals surface area contributed by atoms with Crippen molar-refractivity contribution in [2.75, 3.05) is 30.0 Å². The van der Waals surface area contributed by atoms with Crippen molar-refractivity contribution in [3.63, 3.8) is 0 Å². The van der Waals surface area contributed by atoms with E-state index in [9.17, 15) is 0 Å². The molecule has 0 fully saturated rings. The third-order valence-electron chi connectivity index (χ3n) is 3.03. The largest absolute Gasteiger partial charge is 0.368 e. The van der Waals surface area contributed by atoms with Crippen LogP contribution < -0.4 is 10.6 Å². The first-order valence-electron chi connectivity index (χ1n) is 6.34. The van der Waals surface area contributed by atoms with Crippen molar-refractivity contribution in [2.24, 2.45) is 5.73 Å². The highest BCUT2D eigenvalue weighted by Gasteiger charge is 2.15. The predicted molar refractivity (Wildman–Crippen MR) is 79.9 cm³/mol. The van der Waals surface area contributed by atoms with Crippen LogP contribution in [-0.2, 0) is 0 Å². The van der Waals surface area contributed by atoms with Crippen LogP contribution in [0, 0.1) is 0 Å². The van der Waals surface area contributed by atoms with Gasteiger partial charge in [-0.05, 0) is 43.9 Å². The first-order chi connectivity index (χ1) is 8.33. The summed E-state index contributed by atoms with van der Waals surface area (Å²) in [6, 6.07) is 11.0. The van der Waals surface area contributed by atoms with Gasteiger partial charge in [-0.1, -0.05) is 18.2 Å². The average Bonchev–Trinajstić information content (AvgIpc) is 2.39. The molecule has 0 aliphatic carbocycles. The number of nitrogens with zero attached hydrogens (tertiary/aromatic N) is 1. The highest BCUT2D eigenvalue weighted by molar-refractivity contribution is 7.98. The Bertz CT molecular complexity index is 290. The third-order valence-corrected chi connectivity index (χ3v) is 3.72. The fourth-order valence-corrected chi connectivity index (χ4v) is 2.59. The van der Waals surface area contributed by atoms with Crippen LogP contribution in [0.15, 0.2) is 30.3 Å². The lowest BCUT2D eigenvalue weighted by Gasteiger charge is -2.32. The maximum atomic E-state index is 5.92. The van der Waals surface area contributed by atoms with Gasteiger partial charge in [0.15, 0.2) is 0 Å². The number of benzene rings is 1. The molecule has 1 unspecified atom stereocenters. The van der Waals surface area contributed by atoms with Crippen molar-refractivity contribution in [3.05, 3.63) is 30.3 Å². The van der Waals surface area contributed by atoms with Gasteiger partial charge in [-0.2, -0.15) is 11.8 Å². The van der Waals surface area contributed by atoms with Crippen molar-refractivity contribution in [3.8, 4) is 0 Å². The first kappa shape index (κ1) is 14.4. The van der Waals surface area contributed by atoms with E-state index in [2.05, 4.69) is 48.4 Å². The van der Waals surface area contributed by atoms with Crippen LogP contribution in [0.5, 0.6) is 0 Å². The normalized spacial score (nSPS) is 12.4. The van der Waals surface area contributed by atoms with E-state index >= 15 is 0 Å². The minimum atomic E-state index is 0.467. The van der Waals surface area contributed by atoms with Gasteiger partial charge >= 0.3 is 0 Å². The Morgan fingerprint density at radius 1 is 1.29 bits per heavy atom. The Morgan fingerprint density at radius 3 is 2.53 bits per heavy atom. The molecule has 1 aromatic rings. The fraction of sp³-hybridized carbons (Fsp3) is 0.571. The molecule has 96 valence electrons. The molecule has 0 saturated heterocycles. The minimum absolute atomic E-state index is 0.467. The molecule has 2 N–H and O–H groups in total. The van der Waals surface area contributed by atoms with E-state index in [1.54, 1.807) is 0 Å². The summed E-state index contributed by atoms with van der Waals surface area (Å²) in [5, 5.41) is 0. The van der Waals surface area contributed by atoms with E-state index in [0.717, 1.165) is 13.1 Å². The second-order valence-electron chi connectivity index (χ2n) is 4.15. The molecule has 0 spiro atoms. The van der Waals surface area contributed by atoms with Crippen LogP contribution in [-0.4, -0.2) is 31.1 Å². The SMILES string of the molecule is CCN(c1ccccc1)C(CN)CCCSC. The maximum Gasteiger partial charge on any atom is 0.0412 e. The third kappa shape index (κ3) is 4.60. The molecule has 1 aromatic carbocycles. The molecule has 0 radical (unpaired) electrons. The second-order valence-corrected chi connectivity index (χ2v) is 5.13. The molecular formula is C14H24N2S. The number of hydrogen-bond donors (Lipinski definition) is 1. The summed E-state index contributed by atoms with van der Waals surface area (Å²) >= 11 is 1.91. The lowest BCUT2D eigenvalue weighted by atomic mass is 10.1. The molecule has 1 atom stereocenters. The van der Waals surface area contributed by atoms with Crippen molar-refractivity contribution >= 4 is 17.4 Å². The smallest absolute Gasteiger partial charge is 0.0412 e. The van der Waals surface area contributed by atoms with Gasteiger partial charge in [-0.25, -0.2) is 0 Å². The van der Waals surface area contributed by atoms with E-state index in [1.165, 1.54) is 24.3 Å². The van der Waals surface area contributed by atoms with Crippen LogP contribution in [0.3, 0.4) is 0 Å². The van der Waals surface area contributed by atoms with Gasteiger partial charge in [-0.15, -0.1) is 0 Å². The summed E-state index contributed by atoms with van der Waals surface area (Å²) in [6.07, 6.45) is 4.58. The molecule has 17 heavy (non-hydrogen) atoms. The number of thioether (sulfide) groups is 1. The number of anilines is 1. The second kappa shape index (κ2) is 8.43. The summed E-state index contributed by atoms with van der Waals surface area (Å²) in [5.41, 5.74) is 7.21. The van der Waals surface area contributed by atoms with E-state index in [4.69, 9.17) is 5.73 Å². The number of hydrogen-bond acceptors (Lipinski definition) is 3. The molecule has 0 saturated carbocycles. The van der Waals surface area contributed by atoms with Crippen LogP contribution in [0.1, 0.15) is 19.8 Å². The topological polar surface area (TPSA) is 29.3 Å². The average molecular weight is 252 g/mol. The Hall–Kier alpha value is -0.670. The van der Waals surface area contributed by atoms with Gasteiger partial charge < -0.3 is 10.6 Å². The molecule has 0 heterocycles. The summed E-state index contributed by atoms with van der Waals surface area (Å²) < 4.78 is 0. The van der Waals surface area contributed by atoms with Crippen LogP contribution >= 0.6 is 11.8 Å². The van der Waals surface area contributed by atoms with Gasteiger partial charge in [0.2, 0.25) is 0 Å². The highest BCUT2D eigenvalue weighted by atomic mass is 32.2. The zero-order valence-electron chi connectivity index (χ0n) is 10.9. The quantitative estimate of drug-likeness (QED) is 0.721.